The Bertz CT molecular complexity index is 1850. The summed E-state index contributed by atoms with van der Waals surface area (Å²) in [5.41, 5.74) is 3.29. The first-order valence-corrected chi connectivity index (χ1v) is 16.1. The van der Waals surface area contributed by atoms with E-state index in [0.29, 0.717) is 30.8 Å². The number of anilines is 2. The third kappa shape index (κ3) is 5.97. The Morgan fingerprint density at radius 2 is 1.38 bits per heavy atom. The van der Waals surface area contributed by atoms with Crippen LogP contribution in [0.5, 0.6) is 11.5 Å². The molecule has 218 valence electrons. The van der Waals surface area contributed by atoms with Crippen LogP contribution < -0.4 is 13.8 Å². The van der Waals surface area contributed by atoms with E-state index in [1.54, 1.807) is 54.6 Å². The third-order valence-electron chi connectivity index (χ3n) is 6.94. The molecule has 1 aliphatic rings. The lowest BCUT2D eigenvalue weighted by Crippen LogP contribution is -2.35. The second kappa shape index (κ2) is 11.5. The fourth-order valence-electron chi connectivity index (χ4n) is 4.70. The average molecular weight is 607 g/mol. The van der Waals surface area contributed by atoms with Gasteiger partial charge in [-0.25, -0.2) is 21.6 Å². The highest BCUT2D eigenvalue weighted by Crippen LogP contribution is 2.36. The smallest absolute Gasteiger partial charge is 0.340 e. The maximum Gasteiger partial charge on any atom is 0.340 e. The molecule has 0 saturated heterocycles. The van der Waals surface area contributed by atoms with Gasteiger partial charge in [-0.3, -0.25) is 9.03 Å². The lowest BCUT2D eigenvalue weighted by Gasteiger charge is -2.30. The number of hydrogen-bond acceptors (Lipinski definition) is 7. The largest absolute Gasteiger partial charge is 0.465 e. The molecule has 1 aliphatic heterocycles. The average Bonchev–Trinajstić information content (AvgIpc) is 2.97. The zero-order valence-electron chi connectivity index (χ0n) is 23.3. The number of carbonyl (C=O) groups excluding carboxylic acids is 1. The van der Waals surface area contributed by atoms with Gasteiger partial charge in [0, 0.05) is 6.54 Å². The molecule has 11 heteroatoms. The molecular formula is C31H30N2O7S2. The van der Waals surface area contributed by atoms with Crippen LogP contribution in [-0.2, 0) is 31.2 Å². The van der Waals surface area contributed by atoms with Gasteiger partial charge in [0.25, 0.3) is 20.0 Å². The first-order chi connectivity index (χ1) is 20.0. The van der Waals surface area contributed by atoms with Gasteiger partial charge >= 0.3 is 5.97 Å². The van der Waals surface area contributed by atoms with Crippen LogP contribution in [0.4, 0.5) is 11.4 Å². The van der Waals surface area contributed by atoms with Gasteiger partial charge in [-0.05, 0) is 92.9 Å². The standard InChI is InChI=1S/C31H30N2O7S2/c1-21-6-12-26(13-7-21)41(35,36)32-29-16-10-25(20-28(29)31(34)39-3)40-24-11-17-30-23(19-24)5-4-18-33(30)42(37,38)27-14-8-22(2)9-15-27/h6-17,19-20,32H,4-5,18H2,1-3H3. The molecule has 5 rings (SSSR count). The fourth-order valence-corrected chi connectivity index (χ4v) is 7.32. The summed E-state index contributed by atoms with van der Waals surface area (Å²) in [6, 6.07) is 22.6. The number of nitrogens with zero attached hydrogens (tertiary/aromatic N) is 1. The fraction of sp³-hybridized carbons (Fsp3) is 0.194. The van der Waals surface area contributed by atoms with Crippen molar-refractivity contribution >= 4 is 37.4 Å². The summed E-state index contributed by atoms with van der Waals surface area (Å²) in [4.78, 5) is 12.9. The molecule has 0 aromatic heterocycles. The van der Waals surface area contributed by atoms with E-state index in [1.807, 2.05) is 13.8 Å². The van der Waals surface area contributed by atoms with Gasteiger partial charge in [-0.15, -0.1) is 0 Å². The first kappa shape index (κ1) is 29.2. The second-order valence-corrected chi connectivity index (χ2v) is 13.5. The zero-order valence-corrected chi connectivity index (χ0v) is 25.0. The molecule has 0 amide bonds. The van der Waals surface area contributed by atoms with E-state index in [9.17, 15) is 21.6 Å². The van der Waals surface area contributed by atoms with Crippen LogP contribution in [0.1, 0.15) is 33.5 Å². The number of nitrogens with one attached hydrogen (secondary N) is 1. The molecule has 0 atom stereocenters. The molecule has 9 nitrogen and oxygen atoms in total. The van der Waals surface area contributed by atoms with Crippen LogP contribution in [-0.4, -0.2) is 36.5 Å². The van der Waals surface area contributed by atoms with Crippen molar-refractivity contribution in [2.24, 2.45) is 0 Å². The number of hydrogen-bond donors (Lipinski definition) is 1. The lowest BCUT2D eigenvalue weighted by molar-refractivity contribution is 0.0601. The van der Waals surface area contributed by atoms with Gasteiger partial charge in [-0.1, -0.05) is 35.4 Å². The van der Waals surface area contributed by atoms with Crippen molar-refractivity contribution in [3.63, 3.8) is 0 Å². The van der Waals surface area contributed by atoms with E-state index >= 15 is 0 Å². The predicted octanol–water partition coefficient (Wildman–Crippen LogP) is 5.82. The van der Waals surface area contributed by atoms with Crippen molar-refractivity contribution < 1.29 is 31.1 Å². The van der Waals surface area contributed by atoms with Crippen LogP contribution in [0.25, 0.3) is 0 Å². The molecule has 0 radical (unpaired) electrons. The molecule has 0 aliphatic carbocycles. The molecule has 42 heavy (non-hydrogen) atoms. The third-order valence-corrected chi connectivity index (χ3v) is 10.2. The van der Waals surface area contributed by atoms with E-state index < -0.39 is 26.0 Å². The van der Waals surface area contributed by atoms with Crippen LogP contribution in [0.3, 0.4) is 0 Å². The molecule has 0 unspecified atom stereocenters. The summed E-state index contributed by atoms with van der Waals surface area (Å²) in [5, 5.41) is 0. The minimum atomic E-state index is -3.97. The molecule has 1 heterocycles. The number of rotatable bonds is 8. The van der Waals surface area contributed by atoms with Crippen LogP contribution >= 0.6 is 0 Å². The zero-order chi connectivity index (χ0) is 30.1. The summed E-state index contributed by atoms with van der Waals surface area (Å²) < 4.78 is 67.5. The van der Waals surface area contributed by atoms with E-state index in [0.717, 1.165) is 16.7 Å². The Labute approximate surface area is 245 Å². The maximum atomic E-state index is 13.4. The highest BCUT2D eigenvalue weighted by atomic mass is 32.2. The topological polar surface area (TPSA) is 119 Å². The van der Waals surface area contributed by atoms with E-state index in [2.05, 4.69) is 4.72 Å². The number of benzene rings is 4. The number of aryl methyl sites for hydroxylation is 3. The lowest BCUT2D eigenvalue weighted by atomic mass is 10.0. The first-order valence-electron chi connectivity index (χ1n) is 13.2. The Kier molecular flexibility index (Phi) is 7.98. The highest BCUT2D eigenvalue weighted by Gasteiger charge is 2.29. The summed E-state index contributed by atoms with van der Waals surface area (Å²) in [7, 11) is -6.51. The molecule has 1 N–H and O–H groups in total. The van der Waals surface area contributed by atoms with Crippen LogP contribution in [0.2, 0.25) is 0 Å². The number of carbonyl (C=O) groups is 1. The number of fused-ring (bicyclic) bond motifs is 1. The molecule has 0 fully saturated rings. The van der Waals surface area contributed by atoms with Crippen LogP contribution in [0, 0.1) is 13.8 Å². The van der Waals surface area contributed by atoms with Gasteiger partial charge in [0.1, 0.15) is 11.5 Å². The Hall–Kier alpha value is -4.35. The number of methoxy groups -OCH3 is 1. The summed E-state index contributed by atoms with van der Waals surface area (Å²) in [5.74, 6) is -0.0369. The number of sulfonamides is 2. The SMILES string of the molecule is COC(=O)c1cc(Oc2ccc3c(c2)CCCN3S(=O)(=O)c2ccc(C)cc2)ccc1NS(=O)(=O)c1ccc(C)cc1. The Balaban J connectivity index is 1.41. The van der Waals surface area contributed by atoms with Crippen molar-refractivity contribution in [1.29, 1.82) is 0 Å². The maximum absolute atomic E-state index is 13.4. The van der Waals surface area contributed by atoms with E-state index in [4.69, 9.17) is 9.47 Å². The van der Waals surface area contributed by atoms with Crippen molar-refractivity contribution in [2.45, 2.75) is 36.5 Å². The highest BCUT2D eigenvalue weighted by molar-refractivity contribution is 7.93. The predicted molar refractivity (Wildman–Crippen MR) is 160 cm³/mol. The van der Waals surface area contributed by atoms with Crippen molar-refractivity contribution in [2.75, 3.05) is 22.7 Å². The Morgan fingerprint density at radius 3 is 2.02 bits per heavy atom. The van der Waals surface area contributed by atoms with Gasteiger partial charge in [0.05, 0.1) is 33.8 Å². The minimum Gasteiger partial charge on any atom is -0.465 e. The number of esters is 1. The molecule has 0 bridgehead atoms. The van der Waals surface area contributed by atoms with Gasteiger partial charge < -0.3 is 9.47 Å². The van der Waals surface area contributed by atoms with Crippen molar-refractivity contribution in [1.82, 2.24) is 0 Å². The van der Waals surface area contributed by atoms with Gasteiger partial charge in [0.15, 0.2) is 0 Å². The molecule has 4 aromatic carbocycles. The molecular weight excluding hydrogens is 576 g/mol. The summed E-state index contributed by atoms with van der Waals surface area (Å²) >= 11 is 0. The number of ether oxygens (including phenoxy) is 2. The summed E-state index contributed by atoms with van der Waals surface area (Å²) in [6.07, 6.45) is 1.31. The normalized spacial score (nSPS) is 13.3. The molecule has 0 saturated carbocycles. The van der Waals surface area contributed by atoms with Crippen molar-refractivity contribution in [3.8, 4) is 11.5 Å². The van der Waals surface area contributed by atoms with Crippen molar-refractivity contribution in [3.05, 3.63) is 107 Å². The monoisotopic (exact) mass is 606 g/mol. The molecule has 4 aromatic rings. The van der Waals surface area contributed by atoms with Gasteiger partial charge in [0.2, 0.25) is 0 Å². The molecule has 0 spiro atoms. The second-order valence-electron chi connectivity index (χ2n) is 10.0. The van der Waals surface area contributed by atoms with Crippen LogP contribution in [0.15, 0.2) is 94.7 Å². The quantitative estimate of drug-likeness (QED) is 0.251. The van der Waals surface area contributed by atoms with Gasteiger partial charge in [-0.2, -0.15) is 0 Å². The van der Waals surface area contributed by atoms with E-state index in [-0.39, 0.29) is 26.8 Å². The minimum absolute atomic E-state index is 0.0287. The van der Waals surface area contributed by atoms with E-state index in [1.165, 1.54) is 41.7 Å². The Morgan fingerprint density at radius 1 is 0.786 bits per heavy atom. The summed E-state index contributed by atoms with van der Waals surface area (Å²) in [6.45, 7) is 4.12.